The molecule has 0 amide bonds. The number of morpholine rings is 2. The third-order valence-electron chi connectivity index (χ3n) is 8.56. The van der Waals surface area contributed by atoms with Gasteiger partial charge >= 0.3 is 0 Å². The SMILES string of the molecule is FC(F)c1nc2ccccc2n1-c1cc(OCC2CCC(CNCCN3CCOCC3)CC2)nc(N2CCOCC2)n1. The van der Waals surface area contributed by atoms with Crippen molar-refractivity contribution in [3.05, 3.63) is 36.2 Å². The number of fused-ring (bicyclic) bond motifs is 1. The van der Waals surface area contributed by atoms with Gasteiger partial charge in [0.25, 0.3) is 6.43 Å². The Hall–Kier alpha value is -2.93. The van der Waals surface area contributed by atoms with E-state index < -0.39 is 6.43 Å². The van der Waals surface area contributed by atoms with Crippen LogP contribution in [-0.4, -0.2) is 103 Å². The standard InChI is InChI=1S/C30H41F2N7O3/c31-28(32)29-34-24-3-1-2-4-25(24)39(29)26-19-27(36-30(35-26)38-13-17-41-18-14-38)42-21-23-7-5-22(6-8-23)20-33-9-10-37-11-15-40-16-12-37/h1-4,19,22-23,28,33H,5-18,20-21H2. The minimum atomic E-state index is -2.76. The van der Waals surface area contributed by atoms with E-state index in [1.165, 1.54) is 17.4 Å². The average Bonchev–Trinajstić information content (AvgIpc) is 3.44. The van der Waals surface area contributed by atoms with Gasteiger partial charge in [0.05, 0.1) is 44.1 Å². The molecule has 1 aromatic carbocycles. The lowest BCUT2D eigenvalue weighted by Crippen LogP contribution is -2.41. The molecule has 3 aromatic rings. The maximum absolute atomic E-state index is 14.1. The van der Waals surface area contributed by atoms with Crippen molar-refractivity contribution in [1.29, 1.82) is 0 Å². The quantitative estimate of drug-likeness (QED) is 0.339. The van der Waals surface area contributed by atoms with Crippen molar-refractivity contribution in [2.45, 2.75) is 32.1 Å². The van der Waals surface area contributed by atoms with E-state index in [9.17, 15) is 8.78 Å². The number of rotatable bonds is 11. The number of ether oxygens (including phenoxy) is 3. The van der Waals surface area contributed by atoms with Gasteiger partial charge in [-0.1, -0.05) is 12.1 Å². The minimum Gasteiger partial charge on any atom is -0.477 e. The highest BCUT2D eigenvalue weighted by atomic mass is 19.3. The van der Waals surface area contributed by atoms with Crippen LogP contribution >= 0.6 is 0 Å². The molecule has 3 fully saturated rings. The van der Waals surface area contributed by atoms with E-state index in [1.807, 2.05) is 11.0 Å². The molecule has 10 nitrogen and oxygen atoms in total. The molecule has 0 radical (unpaired) electrons. The number of anilines is 1. The summed E-state index contributed by atoms with van der Waals surface area (Å²) < 4.78 is 46.9. The van der Waals surface area contributed by atoms with Gasteiger partial charge < -0.3 is 24.4 Å². The first-order chi connectivity index (χ1) is 20.6. The van der Waals surface area contributed by atoms with Crippen molar-refractivity contribution < 1.29 is 23.0 Å². The van der Waals surface area contributed by atoms with Crippen molar-refractivity contribution in [1.82, 2.24) is 29.7 Å². The lowest BCUT2D eigenvalue weighted by Gasteiger charge is -2.30. The maximum Gasteiger partial charge on any atom is 0.296 e. The third kappa shape index (κ3) is 7.16. The summed E-state index contributed by atoms with van der Waals surface area (Å²) in [7, 11) is 0. The number of para-hydroxylation sites is 2. The van der Waals surface area contributed by atoms with Crippen LogP contribution in [0.15, 0.2) is 30.3 Å². The molecule has 1 aliphatic carbocycles. The minimum absolute atomic E-state index is 0.331. The van der Waals surface area contributed by atoms with Gasteiger partial charge in [0.1, 0.15) is 5.82 Å². The Morgan fingerprint density at radius 1 is 0.905 bits per heavy atom. The Morgan fingerprint density at radius 3 is 2.38 bits per heavy atom. The van der Waals surface area contributed by atoms with Crippen LogP contribution in [0.25, 0.3) is 16.9 Å². The predicted molar refractivity (Wildman–Crippen MR) is 156 cm³/mol. The van der Waals surface area contributed by atoms with Gasteiger partial charge in [0, 0.05) is 45.3 Å². The fourth-order valence-electron chi connectivity index (χ4n) is 6.10. The highest BCUT2D eigenvalue weighted by Crippen LogP contribution is 2.31. The van der Waals surface area contributed by atoms with Gasteiger partial charge in [0.2, 0.25) is 11.8 Å². The van der Waals surface area contributed by atoms with Gasteiger partial charge in [-0.3, -0.25) is 9.47 Å². The Kier molecular flexibility index (Phi) is 9.74. The van der Waals surface area contributed by atoms with Crippen molar-refractivity contribution in [3.63, 3.8) is 0 Å². The largest absolute Gasteiger partial charge is 0.477 e. The van der Waals surface area contributed by atoms with Crippen LogP contribution in [-0.2, 0) is 9.47 Å². The molecule has 2 saturated heterocycles. The number of benzene rings is 1. The summed E-state index contributed by atoms with van der Waals surface area (Å²) in [5, 5.41) is 3.65. The Morgan fingerprint density at radius 2 is 1.62 bits per heavy atom. The third-order valence-corrected chi connectivity index (χ3v) is 8.56. The zero-order chi connectivity index (χ0) is 28.7. The molecular weight excluding hydrogens is 544 g/mol. The normalized spacial score (nSPS) is 22.2. The van der Waals surface area contributed by atoms with Gasteiger partial charge in [-0.15, -0.1) is 0 Å². The average molecular weight is 586 g/mol. The second-order valence-corrected chi connectivity index (χ2v) is 11.4. The monoisotopic (exact) mass is 585 g/mol. The number of alkyl halides is 2. The summed E-state index contributed by atoms with van der Waals surface area (Å²) in [5.74, 6) is 1.96. The Balaban J connectivity index is 1.10. The fourth-order valence-corrected chi connectivity index (χ4v) is 6.10. The number of hydrogen-bond acceptors (Lipinski definition) is 9. The predicted octanol–water partition coefficient (Wildman–Crippen LogP) is 3.70. The van der Waals surface area contributed by atoms with Crippen molar-refractivity contribution >= 4 is 17.0 Å². The second kappa shape index (κ2) is 14.0. The smallest absolute Gasteiger partial charge is 0.296 e. The second-order valence-electron chi connectivity index (χ2n) is 11.4. The van der Waals surface area contributed by atoms with E-state index in [1.54, 1.807) is 24.3 Å². The van der Waals surface area contributed by atoms with E-state index in [0.29, 0.717) is 73.4 Å². The first-order valence-electron chi connectivity index (χ1n) is 15.3. The number of hydrogen-bond donors (Lipinski definition) is 1. The zero-order valence-electron chi connectivity index (χ0n) is 24.1. The highest BCUT2D eigenvalue weighted by Gasteiger charge is 2.25. The van der Waals surface area contributed by atoms with Crippen LogP contribution in [0.3, 0.4) is 0 Å². The topological polar surface area (TPSA) is 89.8 Å². The Labute approximate surface area is 245 Å². The van der Waals surface area contributed by atoms with E-state index in [2.05, 4.69) is 15.2 Å². The first-order valence-corrected chi connectivity index (χ1v) is 15.3. The summed E-state index contributed by atoms with van der Waals surface area (Å²) in [5.41, 5.74) is 1.07. The molecule has 2 aromatic heterocycles. The van der Waals surface area contributed by atoms with E-state index >= 15 is 0 Å². The molecule has 2 aliphatic heterocycles. The van der Waals surface area contributed by atoms with Gasteiger partial charge in [-0.25, -0.2) is 13.8 Å². The van der Waals surface area contributed by atoms with Gasteiger partial charge in [-0.2, -0.15) is 9.97 Å². The van der Waals surface area contributed by atoms with Crippen LogP contribution in [0.5, 0.6) is 5.88 Å². The molecule has 0 spiro atoms. The first kappa shape index (κ1) is 29.2. The molecule has 0 atom stereocenters. The van der Waals surface area contributed by atoms with E-state index in [4.69, 9.17) is 24.2 Å². The molecule has 4 heterocycles. The number of halogens is 2. The number of imidazole rings is 1. The molecule has 42 heavy (non-hydrogen) atoms. The van der Waals surface area contributed by atoms with Crippen LogP contribution < -0.4 is 15.0 Å². The summed E-state index contributed by atoms with van der Waals surface area (Å²) in [6.45, 7) is 9.81. The molecule has 12 heteroatoms. The molecule has 228 valence electrons. The molecule has 1 N–H and O–H groups in total. The van der Waals surface area contributed by atoms with Crippen molar-refractivity contribution in [2.75, 3.05) is 83.7 Å². The molecule has 0 bridgehead atoms. The van der Waals surface area contributed by atoms with Crippen LogP contribution in [0.1, 0.15) is 37.9 Å². The van der Waals surface area contributed by atoms with Crippen LogP contribution in [0.2, 0.25) is 0 Å². The molecular formula is C30H41F2N7O3. The summed E-state index contributed by atoms with van der Waals surface area (Å²) in [4.78, 5) is 18.1. The molecule has 3 aliphatic rings. The summed E-state index contributed by atoms with van der Waals surface area (Å²) in [6, 6.07) is 8.77. The van der Waals surface area contributed by atoms with E-state index in [0.717, 1.165) is 58.8 Å². The van der Waals surface area contributed by atoms with Crippen molar-refractivity contribution in [3.8, 4) is 11.7 Å². The Bertz CT molecular complexity index is 1290. The lowest BCUT2D eigenvalue weighted by molar-refractivity contribution is 0.0382. The molecule has 6 rings (SSSR count). The maximum atomic E-state index is 14.1. The van der Waals surface area contributed by atoms with Gasteiger partial charge in [-0.05, 0) is 56.2 Å². The molecule has 1 saturated carbocycles. The van der Waals surface area contributed by atoms with Crippen LogP contribution in [0, 0.1) is 11.8 Å². The highest BCUT2D eigenvalue weighted by molar-refractivity contribution is 5.78. The fraction of sp³-hybridized carbons (Fsp3) is 0.633. The lowest BCUT2D eigenvalue weighted by atomic mass is 9.82. The van der Waals surface area contributed by atoms with Crippen molar-refractivity contribution in [2.24, 2.45) is 11.8 Å². The van der Waals surface area contributed by atoms with Gasteiger partial charge in [0.15, 0.2) is 5.82 Å². The summed E-state index contributed by atoms with van der Waals surface area (Å²) >= 11 is 0. The van der Waals surface area contributed by atoms with E-state index in [-0.39, 0.29) is 5.82 Å². The zero-order valence-corrected chi connectivity index (χ0v) is 24.1. The molecule has 0 unspecified atom stereocenters. The number of aromatic nitrogens is 4. The number of nitrogens with zero attached hydrogens (tertiary/aromatic N) is 6. The summed E-state index contributed by atoms with van der Waals surface area (Å²) in [6.07, 6.45) is 1.79. The number of nitrogens with one attached hydrogen (secondary N) is 1. The van der Waals surface area contributed by atoms with Crippen LogP contribution in [0.4, 0.5) is 14.7 Å².